The van der Waals surface area contributed by atoms with Crippen LogP contribution in [-0.4, -0.2) is 66.7 Å². The van der Waals surface area contributed by atoms with Gasteiger partial charge >= 0.3 is 0 Å². The van der Waals surface area contributed by atoms with E-state index in [-0.39, 0.29) is 10.8 Å². The van der Waals surface area contributed by atoms with Gasteiger partial charge in [0.25, 0.3) is 0 Å². The standard InChI is InChI=1S/C29H30ClN5O3/c1-34(2)24-16-32-28-25(26(24)33-29(18-36)12-7-13-35(3)17-29)22(15-31-28)27(37)21-11-10-20(14-23(21)30)38-19-8-5-4-6-9-19/h4-6,8-11,14-16,18H,7,12-13,17H2,1-3H3,(H2,31,32,33). The van der Waals surface area contributed by atoms with Crippen molar-refractivity contribution >= 4 is 46.1 Å². The van der Waals surface area contributed by atoms with Crippen molar-refractivity contribution in [1.29, 1.82) is 0 Å². The number of likely N-dealkylation sites (N-methyl/N-ethyl adjacent to an activating group) is 1. The lowest BCUT2D eigenvalue weighted by molar-refractivity contribution is -0.113. The van der Waals surface area contributed by atoms with E-state index in [1.54, 1.807) is 30.6 Å². The predicted octanol–water partition coefficient (Wildman–Crippen LogP) is 5.38. The summed E-state index contributed by atoms with van der Waals surface area (Å²) in [5.41, 5.74) is 1.99. The third-order valence-corrected chi connectivity index (χ3v) is 7.20. The number of aromatic amines is 1. The minimum absolute atomic E-state index is 0.255. The van der Waals surface area contributed by atoms with Gasteiger partial charge in [0.15, 0.2) is 5.78 Å². The molecular weight excluding hydrogens is 502 g/mol. The van der Waals surface area contributed by atoms with E-state index in [2.05, 4.69) is 20.2 Å². The fraction of sp³-hybridized carbons (Fsp3) is 0.276. The van der Waals surface area contributed by atoms with Crippen LogP contribution in [0.2, 0.25) is 5.02 Å². The molecule has 9 heteroatoms. The molecule has 1 saturated heterocycles. The fourth-order valence-electron chi connectivity index (χ4n) is 5.02. The highest BCUT2D eigenvalue weighted by Crippen LogP contribution is 2.39. The molecule has 0 aliphatic carbocycles. The average molecular weight is 532 g/mol. The number of hydrogen-bond donors (Lipinski definition) is 2. The van der Waals surface area contributed by atoms with Crippen molar-refractivity contribution in [3.8, 4) is 11.5 Å². The van der Waals surface area contributed by atoms with E-state index in [1.165, 1.54) is 0 Å². The number of carbonyl (C=O) groups is 2. The van der Waals surface area contributed by atoms with Crippen LogP contribution in [0.1, 0.15) is 28.8 Å². The number of fused-ring (bicyclic) bond motifs is 1. The molecule has 4 aromatic rings. The van der Waals surface area contributed by atoms with Crippen LogP contribution in [0.5, 0.6) is 11.5 Å². The van der Waals surface area contributed by atoms with Crippen molar-refractivity contribution in [3.05, 3.63) is 77.1 Å². The number of nitrogens with zero attached hydrogens (tertiary/aromatic N) is 3. The number of halogens is 1. The van der Waals surface area contributed by atoms with Gasteiger partial charge in [-0.2, -0.15) is 0 Å². The number of piperidine rings is 1. The summed E-state index contributed by atoms with van der Waals surface area (Å²) in [6.45, 7) is 1.50. The molecule has 1 aliphatic heterocycles. The number of rotatable bonds is 8. The van der Waals surface area contributed by atoms with Gasteiger partial charge in [0, 0.05) is 38.5 Å². The number of ketones is 1. The Bertz CT molecular complexity index is 1490. The SMILES string of the molecule is CN1CCCC(C=O)(Nc2c(N(C)C)cnc3[nH]cc(C(=O)c4ccc(Oc5ccccc5)cc4Cl)c23)C1. The Kier molecular flexibility index (Phi) is 7.10. The summed E-state index contributed by atoms with van der Waals surface area (Å²) in [5.74, 6) is 0.953. The molecule has 8 nitrogen and oxygen atoms in total. The number of para-hydroxylation sites is 1. The van der Waals surface area contributed by atoms with Crippen molar-refractivity contribution in [1.82, 2.24) is 14.9 Å². The van der Waals surface area contributed by atoms with E-state index >= 15 is 0 Å². The van der Waals surface area contributed by atoms with E-state index in [9.17, 15) is 9.59 Å². The average Bonchev–Trinajstić information content (AvgIpc) is 3.34. The molecule has 1 unspecified atom stereocenters. The molecule has 0 saturated carbocycles. The maximum absolute atomic E-state index is 13.8. The number of likely N-dealkylation sites (tertiary alicyclic amines) is 1. The Morgan fingerprint density at radius 1 is 1.18 bits per heavy atom. The Hall–Kier alpha value is -3.88. The fourth-order valence-corrected chi connectivity index (χ4v) is 5.28. The van der Waals surface area contributed by atoms with Crippen LogP contribution in [0.4, 0.5) is 11.4 Å². The molecule has 1 fully saturated rings. The summed E-state index contributed by atoms with van der Waals surface area (Å²) >= 11 is 6.59. The molecule has 1 atom stereocenters. The third-order valence-electron chi connectivity index (χ3n) is 6.89. The lowest BCUT2D eigenvalue weighted by Crippen LogP contribution is -2.53. The summed E-state index contributed by atoms with van der Waals surface area (Å²) < 4.78 is 5.87. The van der Waals surface area contributed by atoms with Gasteiger partial charge in [-0.1, -0.05) is 29.8 Å². The first-order valence-electron chi connectivity index (χ1n) is 12.5. The second-order valence-electron chi connectivity index (χ2n) is 9.97. The highest BCUT2D eigenvalue weighted by molar-refractivity contribution is 6.36. The van der Waals surface area contributed by atoms with Crippen LogP contribution in [0.25, 0.3) is 11.0 Å². The van der Waals surface area contributed by atoms with Gasteiger partial charge in [0.1, 0.15) is 29.0 Å². The number of anilines is 2. The monoisotopic (exact) mass is 531 g/mol. The van der Waals surface area contributed by atoms with Gasteiger partial charge in [-0.3, -0.25) is 4.79 Å². The number of aldehydes is 1. The highest BCUT2D eigenvalue weighted by Gasteiger charge is 2.36. The van der Waals surface area contributed by atoms with Crippen molar-refractivity contribution in [3.63, 3.8) is 0 Å². The summed E-state index contributed by atoms with van der Waals surface area (Å²) in [6.07, 6.45) is 5.96. The van der Waals surface area contributed by atoms with Gasteiger partial charge in [-0.05, 0) is 50.7 Å². The second-order valence-corrected chi connectivity index (χ2v) is 10.4. The zero-order valence-electron chi connectivity index (χ0n) is 21.6. The van der Waals surface area contributed by atoms with Crippen molar-refractivity contribution in [2.45, 2.75) is 18.4 Å². The quantitative estimate of drug-likeness (QED) is 0.233. The van der Waals surface area contributed by atoms with E-state index in [0.717, 1.165) is 24.9 Å². The van der Waals surface area contributed by atoms with E-state index in [4.69, 9.17) is 16.3 Å². The first-order valence-corrected chi connectivity index (χ1v) is 12.9. The smallest absolute Gasteiger partial charge is 0.196 e. The molecule has 38 heavy (non-hydrogen) atoms. The third kappa shape index (κ3) is 4.97. The van der Waals surface area contributed by atoms with Crippen LogP contribution in [0.15, 0.2) is 60.9 Å². The van der Waals surface area contributed by atoms with Crippen molar-refractivity contribution in [2.24, 2.45) is 0 Å². The van der Waals surface area contributed by atoms with Gasteiger partial charge < -0.3 is 29.6 Å². The molecule has 3 heterocycles. The summed E-state index contributed by atoms with van der Waals surface area (Å²) in [6, 6.07) is 14.4. The lowest BCUT2D eigenvalue weighted by atomic mass is 9.89. The number of nitrogens with one attached hydrogen (secondary N) is 2. The molecule has 5 rings (SSSR count). The van der Waals surface area contributed by atoms with Crippen LogP contribution >= 0.6 is 11.6 Å². The molecular formula is C29H30ClN5O3. The zero-order valence-corrected chi connectivity index (χ0v) is 22.4. The number of aromatic nitrogens is 2. The van der Waals surface area contributed by atoms with Crippen LogP contribution < -0.4 is 15.0 Å². The topological polar surface area (TPSA) is 90.6 Å². The molecule has 0 spiro atoms. The van der Waals surface area contributed by atoms with E-state index in [0.29, 0.717) is 52.3 Å². The second kappa shape index (κ2) is 10.5. The molecule has 0 amide bonds. The summed E-state index contributed by atoms with van der Waals surface area (Å²) in [4.78, 5) is 38.0. The number of benzene rings is 2. The Labute approximate surface area is 226 Å². The normalized spacial score (nSPS) is 17.8. The van der Waals surface area contributed by atoms with Crippen LogP contribution in [0, 0.1) is 0 Å². The van der Waals surface area contributed by atoms with Crippen molar-refractivity contribution < 1.29 is 14.3 Å². The number of pyridine rings is 1. The van der Waals surface area contributed by atoms with Crippen molar-refractivity contribution in [2.75, 3.05) is 44.4 Å². The lowest BCUT2D eigenvalue weighted by Gasteiger charge is -2.39. The molecule has 0 radical (unpaired) electrons. The number of H-pyrrole nitrogens is 1. The summed E-state index contributed by atoms with van der Waals surface area (Å²) in [5, 5.41) is 4.44. The van der Waals surface area contributed by atoms with E-state index < -0.39 is 5.54 Å². The number of carbonyl (C=O) groups excluding carboxylic acids is 2. The molecule has 1 aliphatic rings. The van der Waals surface area contributed by atoms with Crippen LogP contribution in [0.3, 0.4) is 0 Å². The maximum Gasteiger partial charge on any atom is 0.196 e. The molecule has 196 valence electrons. The number of ether oxygens (including phenoxy) is 1. The first-order chi connectivity index (χ1) is 18.3. The zero-order chi connectivity index (χ0) is 26.9. The van der Waals surface area contributed by atoms with Gasteiger partial charge in [0.05, 0.1) is 33.5 Å². The van der Waals surface area contributed by atoms with E-state index in [1.807, 2.05) is 56.4 Å². The van der Waals surface area contributed by atoms with Gasteiger partial charge in [-0.25, -0.2) is 4.98 Å². The first kappa shape index (κ1) is 25.8. The minimum Gasteiger partial charge on any atom is -0.457 e. The predicted molar refractivity (Wildman–Crippen MR) is 151 cm³/mol. The summed E-state index contributed by atoms with van der Waals surface area (Å²) in [7, 11) is 5.82. The largest absolute Gasteiger partial charge is 0.457 e. The number of hydrogen-bond acceptors (Lipinski definition) is 7. The Balaban J connectivity index is 1.55. The van der Waals surface area contributed by atoms with Gasteiger partial charge in [-0.15, -0.1) is 0 Å². The Morgan fingerprint density at radius 3 is 2.66 bits per heavy atom. The van der Waals surface area contributed by atoms with Crippen LogP contribution in [-0.2, 0) is 4.79 Å². The minimum atomic E-state index is -0.780. The molecule has 2 aromatic heterocycles. The molecule has 0 bridgehead atoms. The Morgan fingerprint density at radius 2 is 1.97 bits per heavy atom. The highest BCUT2D eigenvalue weighted by atomic mass is 35.5. The van der Waals surface area contributed by atoms with Gasteiger partial charge in [0.2, 0.25) is 0 Å². The molecule has 2 aromatic carbocycles. The molecule has 2 N–H and O–H groups in total. The maximum atomic E-state index is 13.8.